The Bertz CT molecular complexity index is 496. The molecule has 2 nitrogen and oxygen atoms in total. The van der Waals surface area contributed by atoms with E-state index in [0.29, 0.717) is 0 Å². The van der Waals surface area contributed by atoms with Crippen molar-refractivity contribution in [3.05, 3.63) is 42.5 Å². The quantitative estimate of drug-likeness (QED) is 0.866. The van der Waals surface area contributed by atoms with Gasteiger partial charge in [-0.2, -0.15) is 0 Å². The maximum Gasteiger partial charge on any atom is 0.0373 e. The van der Waals surface area contributed by atoms with Crippen LogP contribution in [-0.2, 0) is 0 Å². The molecular weight excluding hydrogens is 267 g/mol. The topological polar surface area (TPSA) is 15.3 Å². The van der Waals surface area contributed by atoms with Crippen molar-refractivity contribution in [2.45, 2.75) is 0 Å². The van der Waals surface area contributed by atoms with Crippen molar-refractivity contribution in [2.75, 3.05) is 31.1 Å². The molecule has 0 aromatic heterocycles. The van der Waals surface area contributed by atoms with Gasteiger partial charge in [0.15, 0.2) is 0 Å². The first kappa shape index (κ1) is 15.1. The van der Waals surface area contributed by atoms with E-state index < -0.39 is 0 Å². The Hall–Kier alpha value is -0.960. The highest BCUT2D eigenvalue weighted by Crippen LogP contribution is 2.22. The predicted molar refractivity (Wildman–Crippen MR) is 83.5 cm³/mol. The SMILES string of the molecule is Cl.Cl.c1ccc2cc(N3CCNCC3)ccc2c1. The van der Waals surface area contributed by atoms with E-state index in [-0.39, 0.29) is 24.8 Å². The lowest BCUT2D eigenvalue weighted by molar-refractivity contribution is 0.589. The van der Waals surface area contributed by atoms with Crippen molar-refractivity contribution in [1.29, 1.82) is 0 Å². The zero-order chi connectivity index (χ0) is 10.8. The Morgan fingerprint density at radius 3 is 2.22 bits per heavy atom. The highest BCUT2D eigenvalue weighted by atomic mass is 35.5. The van der Waals surface area contributed by atoms with Gasteiger partial charge in [-0.25, -0.2) is 0 Å². The molecule has 1 saturated heterocycles. The minimum Gasteiger partial charge on any atom is -0.369 e. The first-order valence-electron chi connectivity index (χ1n) is 5.88. The molecule has 2 aromatic carbocycles. The third-order valence-electron chi connectivity index (χ3n) is 3.22. The van der Waals surface area contributed by atoms with Crippen molar-refractivity contribution in [3.63, 3.8) is 0 Å². The molecule has 0 bridgehead atoms. The lowest BCUT2D eigenvalue weighted by atomic mass is 10.1. The Kier molecular flexibility index (Phi) is 5.73. The van der Waals surface area contributed by atoms with E-state index in [1.165, 1.54) is 16.5 Å². The molecule has 0 spiro atoms. The number of anilines is 1. The zero-order valence-corrected chi connectivity index (χ0v) is 11.8. The molecule has 2 aromatic rings. The fourth-order valence-electron chi connectivity index (χ4n) is 2.30. The van der Waals surface area contributed by atoms with Crippen LogP contribution < -0.4 is 10.2 Å². The van der Waals surface area contributed by atoms with Gasteiger partial charge in [-0.05, 0) is 22.9 Å². The Morgan fingerprint density at radius 1 is 0.833 bits per heavy atom. The molecule has 0 atom stereocenters. The average molecular weight is 285 g/mol. The van der Waals surface area contributed by atoms with Gasteiger partial charge in [0.25, 0.3) is 0 Å². The summed E-state index contributed by atoms with van der Waals surface area (Å²) in [4.78, 5) is 2.45. The number of hydrogen-bond acceptors (Lipinski definition) is 2. The predicted octanol–water partition coefficient (Wildman–Crippen LogP) is 3.09. The number of halogens is 2. The van der Waals surface area contributed by atoms with Crippen molar-refractivity contribution < 1.29 is 0 Å². The normalized spacial score (nSPS) is 14.8. The van der Waals surface area contributed by atoms with Crippen LogP contribution in [0.1, 0.15) is 0 Å². The maximum absolute atomic E-state index is 3.38. The summed E-state index contributed by atoms with van der Waals surface area (Å²) < 4.78 is 0. The van der Waals surface area contributed by atoms with Crippen molar-refractivity contribution in [3.8, 4) is 0 Å². The molecule has 98 valence electrons. The number of benzene rings is 2. The summed E-state index contributed by atoms with van der Waals surface area (Å²) in [7, 11) is 0. The van der Waals surface area contributed by atoms with Gasteiger partial charge in [0.2, 0.25) is 0 Å². The second kappa shape index (κ2) is 6.83. The largest absolute Gasteiger partial charge is 0.369 e. The number of hydrogen-bond donors (Lipinski definition) is 1. The third kappa shape index (κ3) is 3.08. The fourth-order valence-corrected chi connectivity index (χ4v) is 2.30. The van der Waals surface area contributed by atoms with Gasteiger partial charge in [-0.1, -0.05) is 30.3 Å². The van der Waals surface area contributed by atoms with Crippen molar-refractivity contribution >= 4 is 41.3 Å². The minimum absolute atomic E-state index is 0. The van der Waals surface area contributed by atoms with Gasteiger partial charge in [-0.15, -0.1) is 24.8 Å². The van der Waals surface area contributed by atoms with E-state index in [2.05, 4.69) is 52.7 Å². The summed E-state index contributed by atoms with van der Waals surface area (Å²) in [6.07, 6.45) is 0. The van der Waals surface area contributed by atoms with Crippen molar-refractivity contribution in [1.82, 2.24) is 5.32 Å². The molecule has 0 unspecified atom stereocenters. The number of rotatable bonds is 1. The summed E-state index contributed by atoms with van der Waals surface area (Å²) in [5.41, 5.74) is 1.35. The molecule has 0 radical (unpaired) electrons. The molecule has 4 heteroatoms. The zero-order valence-electron chi connectivity index (χ0n) is 10.1. The van der Waals surface area contributed by atoms with E-state index in [1.807, 2.05) is 0 Å². The smallest absolute Gasteiger partial charge is 0.0373 e. The molecule has 1 heterocycles. The second-order valence-corrected chi connectivity index (χ2v) is 4.27. The Balaban J connectivity index is 0.000000810. The first-order chi connectivity index (χ1) is 7.93. The van der Waals surface area contributed by atoms with E-state index >= 15 is 0 Å². The van der Waals surface area contributed by atoms with Crippen LogP contribution in [0.15, 0.2) is 42.5 Å². The molecule has 1 N–H and O–H groups in total. The van der Waals surface area contributed by atoms with Crippen LogP contribution in [0, 0.1) is 0 Å². The fraction of sp³-hybridized carbons (Fsp3) is 0.286. The van der Waals surface area contributed by atoms with Crippen LogP contribution >= 0.6 is 24.8 Å². The Morgan fingerprint density at radius 2 is 1.50 bits per heavy atom. The van der Waals surface area contributed by atoms with Crippen LogP contribution in [-0.4, -0.2) is 26.2 Å². The van der Waals surface area contributed by atoms with Crippen LogP contribution in [0.4, 0.5) is 5.69 Å². The molecule has 18 heavy (non-hydrogen) atoms. The van der Waals surface area contributed by atoms with Crippen LogP contribution in [0.2, 0.25) is 0 Å². The second-order valence-electron chi connectivity index (χ2n) is 4.27. The third-order valence-corrected chi connectivity index (χ3v) is 3.22. The molecule has 0 amide bonds. The van der Waals surface area contributed by atoms with Crippen LogP contribution in [0.3, 0.4) is 0 Å². The molecule has 3 rings (SSSR count). The van der Waals surface area contributed by atoms with Crippen LogP contribution in [0.5, 0.6) is 0 Å². The summed E-state index contributed by atoms with van der Waals surface area (Å²) >= 11 is 0. The van der Waals surface area contributed by atoms with E-state index in [1.54, 1.807) is 0 Å². The molecular formula is C14H18Cl2N2. The number of nitrogens with one attached hydrogen (secondary N) is 1. The van der Waals surface area contributed by atoms with Gasteiger partial charge in [0.1, 0.15) is 0 Å². The summed E-state index contributed by atoms with van der Waals surface area (Å²) in [6.45, 7) is 4.40. The van der Waals surface area contributed by atoms with E-state index in [4.69, 9.17) is 0 Å². The minimum atomic E-state index is 0. The summed E-state index contributed by atoms with van der Waals surface area (Å²) in [5.74, 6) is 0. The lowest BCUT2D eigenvalue weighted by Gasteiger charge is -2.29. The highest BCUT2D eigenvalue weighted by molar-refractivity contribution is 5.86. The van der Waals surface area contributed by atoms with Gasteiger partial charge in [0.05, 0.1) is 0 Å². The standard InChI is InChI=1S/C14H16N2.2ClH/c1-2-4-13-11-14(6-5-12(13)3-1)16-9-7-15-8-10-16;;/h1-6,11,15H,7-10H2;2*1H. The average Bonchev–Trinajstić information content (AvgIpc) is 2.39. The molecule has 0 aliphatic carbocycles. The van der Waals surface area contributed by atoms with Gasteiger partial charge in [0, 0.05) is 31.9 Å². The first-order valence-corrected chi connectivity index (χ1v) is 5.88. The monoisotopic (exact) mass is 284 g/mol. The van der Waals surface area contributed by atoms with Gasteiger partial charge < -0.3 is 10.2 Å². The molecule has 0 saturated carbocycles. The number of nitrogens with zero attached hydrogens (tertiary/aromatic N) is 1. The van der Waals surface area contributed by atoms with E-state index in [9.17, 15) is 0 Å². The van der Waals surface area contributed by atoms with Crippen LogP contribution in [0.25, 0.3) is 10.8 Å². The van der Waals surface area contributed by atoms with Gasteiger partial charge in [-0.3, -0.25) is 0 Å². The lowest BCUT2D eigenvalue weighted by Crippen LogP contribution is -2.43. The van der Waals surface area contributed by atoms with Gasteiger partial charge >= 0.3 is 0 Å². The summed E-state index contributed by atoms with van der Waals surface area (Å²) in [5, 5.41) is 6.03. The maximum atomic E-state index is 3.38. The molecule has 1 fully saturated rings. The highest BCUT2D eigenvalue weighted by Gasteiger charge is 2.10. The molecule has 1 aliphatic rings. The summed E-state index contributed by atoms with van der Waals surface area (Å²) in [6, 6.07) is 15.3. The van der Waals surface area contributed by atoms with Crippen molar-refractivity contribution in [2.24, 2.45) is 0 Å². The van der Waals surface area contributed by atoms with E-state index in [0.717, 1.165) is 26.2 Å². The number of piperazine rings is 1. The Labute approximate surface area is 120 Å². The molecule has 1 aliphatic heterocycles. The number of fused-ring (bicyclic) bond motifs is 1.